The zero-order chi connectivity index (χ0) is 47.1. The van der Waals surface area contributed by atoms with Crippen LogP contribution in [0.4, 0.5) is 24.5 Å². The maximum Gasteiger partial charge on any atom is 0.418 e. The lowest BCUT2D eigenvalue weighted by Crippen LogP contribution is -2.52. The summed E-state index contributed by atoms with van der Waals surface area (Å²) < 4.78 is 53.0. The van der Waals surface area contributed by atoms with Gasteiger partial charge in [0.15, 0.2) is 0 Å². The molecule has 6 heterocycles. The number of carbonyl (C=O) groups excluding carboxylic acids is 4. The Labute approximate surface area is 382 Å². The Kier molecular flexibility index (Phi) is 12.0. The molecule has 1 unspecified atom stereocenters. The van der Waals surface area contributed by atoms with Crippen LogP contribution in [0.3, 0.4) is 0 Å². The number of anilines is 2. The smallest absolute Gasteiger partial charge is 0.375 e. The summed E-state index contributed by atoms with van der Waals surface area (Å²) in [5.41, 5.74) is 3.07. The van der Waals surface area contributed by atoms with Crippen LogP contribution in [0, 0.1) is 0 Å². The van der Waals surface area contributed by atoms with E-state index < -0.39 is 29.4 Å². The van der Waals surface area contributed by atoms with Gasteiger partial charge in [-0.25, -0.2) is 4.79 Å². The fourth-order valence-corrected chi connectivity index (χ4v) is 9.08. The molecule has 2 saturated heterocycles. The number of aromatic nitrogens is 5. The molecule has 67 heavy (non-hydrogen) atoms. The first-order valence-corrected chi connectivity index (χ1v) is 21.8. The number of piperidine rings is 1. The molecule has 9 rings (SSSR count). The van der Waals surface area contributed by atoms with Gasteiger partial charge >= 0.3 is 11.9 Å². The molecule has 346 valence electrons. The minimum absolute atomic E-state index is 0.0291. The maximum absolute atomic E-state index is 14.5. The normalized spacial score (nSPS) is 16.9. The molecule has 2 fully saturated rings. The van der Waals surface area contributed by atoms with E-state index in [1.165, 1.54) is 21.9 Å². The van der Waals surface area contributed by atoms with Crippen molar-refractivity contribution in [3.8, 4) is 5.69 Å². The van der Waals surface area contributed by atoms with Gasteiger partial charge in [0.1, 0.15) is 18.2 Å². The first-order valence-electron chi connectivity index (χ1n) is 21.8. The monoisotopic (exact) mass is 916 g/mol. The average molecular weight is 917 g/mol. The lowest BCUT2D eigenvalue weighted by molar-refractivity contribution is -0.137. The number of nitrogens with one attached hydrogen (secondary N) is 1. The van der Waals surface area contributed by atoms with Crippen LogP contribution < -0.4 is 20.8 Å². The lowest BCUT2D eigenvalue weighted by Gasteiger charge is -2.37. The topological polar surface area (TPSA) is 160 Å². The number of ether oxygens (including phenoxy) is 1. The number of benzene rings is 3. The number of nitrogens with zero attached hydrogens (tertiary/aromatic N) is 9. The zero-order valence-corrected chi connectivity index (χ0v) is 36.8. The number of alkyl halides is 3. The highest BCUT2D eigenvalue weighted by Crippen LogP contribution is 2.35. The summed E-state index contributed by atoms with van der Waals surface area (Å²) in [5, 5.41) is 10.4. The number of rotatable bonds is 13. The van der Waals surface area contributed by atoms with Gasteiger partial charge in [0.2, 0.25) is 11.8 Å². The van der Waals surface area contributed by atoms with Gasteiger partial charge in [0.05, 0.1) is 35.9 Å². The molecule has 0 spiro atoms. The van der Waals surface area contributed by atoms with Crippen molar-refractivity contribution in [3.05, 3.63) is 154 Å². The fraction of sp³-hybridized carbons (Fsp3) is 0.312. The molecule has 0 radical (unpaired) electrons. The number of carbonyl (C=O) groups is 4. The highest BCUT2D eigenvalue weighted by atomic mass is 19.4. The number of amides is 4. The predicted molar refractivity (Wildman–Crippen MR) is 241 cm³/mol. The third-order valence-electron chi connectivity index (χ3n) is 12.7. The fourth-order valence-electron chi connectivity index (χ4n) is 9.08. The quantitative estimate of drug-likeness (QED) is 0.0957. The highest BCUT2D eigenvalue weighted by Gasteiger charge is 2.39. The van der Waals surface area contributed by atoms with E-state index in [2.05, 4.69) is 31.9 Å². The Morgan fingerprint density at radius 3 is 2.37 bits per heavy atom. The third kappa shape index (κ3) is 8.81. The van der Waals surface area contributed by atoms with Crippen LogP contribution in [-0.4, -0.2) is 110 Å². The van der Waals surface area contributed by atoms with Crippen molar-refractivity contribution < 1.29 is 37.1 Å². The van der Waals surface area contributed by atoms with E-state index in [1.54, 1.807) is 66.3 Å². The first kappa shape index (κ1) is 44.7. The van der Waals surface area contributed by atoms with Gasteiger partial charge in [0.25, 0.3) is 11.8 Å². The molecule has 3 aromatic carbocycles. The first-order chi connectivity index (χ1) is 32.2. The molecule has 3 aliphatic heterocycles. The molecule has 19 heteroatoms. The molecular formula is C48H47F3N10O6. The lowest BCUT2D eigenvalue weighted by atomic mass is 9.98. The minimum Gasteiger partial charge on any atom is -0.375 e. The van der Waals surface area contributed by atoms with Crippen LogP contribution in [0.1, 0.15) is 67.6 Å². The van der Waals surface area contributed by atoms with Gasteiger partial charge in [-0.3, -0.25) is 33.5 Å². The number of pyridine rings is 1. The number of allylic oxidation sites excluding steroid dienone is 1. The number of hydrogen-bond donors (Lipinski definition) is 1. The molecule has 16 nitrogen and oxygen atoms in total. The van der Waals surface area contributed by atoms with Gasteiger partial charge in [-0.2, -0.15) is 13.2 Å². The summed E-state index contributed by atoms with van der Waals surface area (Å²) in [6.45, 7) is 7.07. The number of imide groups is 1. The molecular weight excluding hydrogens is 870 g/mol. The van der Waals surface area contributed by atoms with Gasteiger partial charge in [-0.15, -0.1) is 16.8 Å². The SMILES string of the molecule is C=C[C@H](c1cccc(-n2cc3c(C(F)(F)F)cc(COCCN(C)C(=O)c4ccc(N5CCN(c6ccc7c(c6)CN(C6CCC(=O)NC6=O)C7=O)CC5)cc4)cn3c2=O)c1)c1nncn1C. The van der Waals surface area contributed by atoms with Gasteiger partial charge < -0.3 is 28.9 Å². The van der Waals surface area contributed by atoms with Crippen molar-refractivity contribution >= 4 is 40.5 Å². The van der Waals surface area contributed by atoms with Gasteiger partial charge in [-0.1, -0.05) is 18.2 Å². The zero-order valence-electron chi connectivity index (χ0n) is 36.8. The van der Waals surface area contributed by atoms with Crippen molar-refractivity contribution in [2.24, 2.45) is 7.05 Å². The maximum atomic E-state index is 14.5. The summed E-state index contributed by atoms with van der Waals surface area (Å²) in [5.74, 6) is -0.987. The molecule has 2 atom stereocenters. The Hall–Kier alpha value is -7.54. The molecule has 3 aromatic heterocycles. The van der Waals surface area contributed by atoms with E-state index in [9.17, 15) is 37.1 Å². The number of fused-ring (bicyclic) bond motifs is 2. The Bertz CT molecular complexity index is 2970. The van der Waals surface area contributed by atoms with Crippen LogP contribution in [-0.2, 0) is 40.7 Å². The second kappa shape index (κ2) is 18.0. The Balaban J connectivity index is 0.785. The summed E-state index contributed by atoms with van der Waals surface area (Å²) in [7, 11) is 3.41. The largest absolute Gasteiger partial charge is 0.418 e. The van der Waals surface area contributed by atoms with E-state index in [1.807, 2.05) is 36.4 Å². The van der Waals surface area contributed by atoms with E-state index >= 15 is 0 Å². The summed E-state index contributed by atoms with van der Waals surface area (Å²) in [6, 6.07) is 20.3. The van der Waals surface area contributed by atoms with E-state index in [0.29, 0.717) is 35.6 Å². The number of likely N-dealkylation sites (N-methyl/N-ethyl adjacent to an activating group) is 1. The number of aryl methyl sites for hydroxylation is 1. The number of imidazole rings is 1. The highest BCUT2D eigenvalue weighted by molar-refractivity contribution is 6.05. The van der Waals surface area contributed by atoms with E-state index in [4.69, 9.17) is 4.74 Å². The standard InChI is InChI=1S/C48H47F3N10O6/c1-4-37(43-54-52-29-56(43)3)32-6-5-7-36(23-32)59-27-41-39(48(49,50)51)22-30(25-61(41)47(59)66)28-67-21-20-55(2)45(64)31-8-10-34(11-9-31)57-16-18-58(19-17-57)35-12-13-38-33(24-35)26-60(46(38)65)40-14-15-42(62)53-44(40)63/h4-13,22-25,27,29,37,40H,1,14-21,26,28H2,2-3H3,(H,53,62,63)/t37-,40?/m1/s1. The van der Waals surface area contributed by atoms with E-state index in [0.717, 1.165) is 59.1 Å². The van der Waals surface area contributed by atoms with Gasteiger partial charge in [0, 0.05) is 94.7 Å². The summed E-state index contributed by atoms with van der Waals surface area (Å²) in [6.07, 6.45) is 1.49. The average Bonchev–Trinajstić information content (AvgIpc) is 4.00. The molecule has 4 amide bonds. The molecule has 1 N–H and O–H groups in total. The second-order valence-corrected chi connectivity index (χ2v) is 16.9. The van der Waals surface area contributed by atoms with Crippen LogP contribution in [0.25, 0.3) is 11.2 Å². The van der Waals surface area contributed by atoms with Gasteiger partial charge in [-0.05, 0) is 83.8 Å². The third-order valence-corrected chi connectivity index (χ3v) is 12.7. The minimum atomic E-state index is -4.77. The molecule has 6 aromatic rings. The molecule has 0 aliphatic carbocycles. The van der Waals surface area contributed by atoms with Crippen LogP contribution in [0.15, 0.2) is 109 Å². The number of halogens is 3. The summed E-state index contributed by atoms with van der Waals surface area (Å²) in [4.78, 5) is 71.8. The van der Waals surface area contributed by atoms with Crippen molar-refractivity contribution in [1.29, 1.82) is 0 Å². The molecule has 0 saturated carbocycles. The second-order valence-electron chi connectivity index (χ2n) is 16.9. The van der Waals surface area contributed by atoms with E-state index in [-0.39, 0.29) is 60.9 Å². The molecule has 0 bridgehead atoms. The summed E-state index contributed by atoms with van der Waals surface area (Å²) >= 11 is 0. The number of hydrogen-bond acceptors (Lipinski definition) is 10. The Morgan fingerprint density at radius 2 is 1.69 bits per heavy atom. The predicted octanol–water partition coefficient (Wildman–Crippen LogP) is 4.93. The van der Waals surface area contributed by atoms with Crippen molar-refractivity contribution in [1.82, 2.24) is 38.8 Å². The van der Waals surface area contributed by atoms with Crippen LogP contribution >= 0.6 is 0 Å². The van der Waals surface area contributed by atoms with Crippen molar-refractivity contribution in [3.63, 3.8) is 0 Å². The molecule has 3 aliphatic rings. The Morgan fingerprint density at radius 1 is 0.955 bits per heavy atom. The van der Waals surface area contributed by atoms with Crippen LogP contribution in [0.2, 0.25) is 0 Å². The van der Waals surface area contributed by atoms with Crippen LogP contribution in [0.5, 0.6) is 0 Å². The van der Waals surface area contributed by atoms with Crippen molar-refractivity contribution in [2.75, 3.05) is 56.2 Å². The number of piperazine rings is 1. The van der Waals surface area contributed by atoms with Crippen molar-refractivity contribution in [2.45, 2.75) is 44.1 Å².